The van der Waals surface area contributed by atoms with Crippen molar-refractivity contribution in [3.8, 4) is 0 Å². The molecule has 0 aromatic carbocycles. The van der Waals surface area contributed by atoms with Gasteiger partial charge in [-0.15, -0.1) is 0 Å². The lowest BCUT2D eigenvalue weighted by Crippen LogP contribution is -2.30. The van der Waals surface area contributed by atoms with Gasteiger partial charge in [0.05, 0.1) is 0 Å². The van der Waals surface area contributed by atoms with Crippen molar-refractivity contribution in [2.75, 3.05) is 13.2 Å². The molecule has 0 aliphatic heterocycles. The second kappa shape index (κ2) is 60.6. The second-order valence-corrected chi connectivity index (χ2v) is 20.1. The molecule has 0 spiro atoms. The number of carbonyl (C=O) groups excluding carboxylic acids is 3. The summed E-state index contributed by atoms with van der Waals surface area (Å²) in [6.45, 7) is 6.44. The summed E-state index contributed by atoms with van der Waals surface area (Å²) < 4.78 is 16.9. The maximum Gasteiger partial charge on any atom is 0.306 e. The molecule has 0 fully saturated rings. The molecule has 0 saturated heterocycles. The van der Waals surface area contributed by atoms with E-state index in [1.165, 1.54) is 167 Å². The number of hydrogen-bond donors (Lipinski definition) is 0. The third-order valence-electron chi connectivity index (χ3n) is 12.9. The van der Waals surface area contributed by atoms with Gasteiger partial charge in [-0.1, -0.05) is 278 Å². The first-order valence-corrected chi connectivity index (χ1v) is 30.5. The van der Waals surface area contributed by atoms with Crippen LogP contribution in [0, 0.1) is 0 Å². The largest absolute Gasteiger partial charge is 0.462 e. The number of unbranched alkanes of at least 4 members (excludes halogenated alkanes) is 31. The van der Waals surface area contributed by atoms with E-state index in [-0.39, 0.29) is 31.1 Å². The molecule has 73 heavy (non-hydrogen) atoms. The molecule has 0 aromatic heterocycles. The van der Waals surface area contributed by atoms with E-state index in [4.69, 9.17) is 14.2 Å². The van der Waals surface area contributed by atoms with Crippen molar-refractivity contribution in [2.24, 2.45) is 0 Å². The molecule has 0 radical (unpaired) electrons. The van der Waals surface area contributed by atoms with E-state index in [0.29, 0.717) is 19.3 Å². The average Bonchev–Trinajstić information content (AvgIpc) is 3.39. The smallest absolute Gasteiger partial charge is 0.306 e. The predicted molar refractivity (Wildman–Crippen MR) is 316 cm³/mol. The number of ether oxygens (including phenoxy) is 3. The lowest BCUT2D eigenvalue weighted by Gasteiger charge is -2.18. The molecule has 0 aliphatic rings. The topological polar surface area (TPSA) is 78.9 Å². The molecule has 0 bridgehead atoms. The Kier molecular flexibility index (Phi) is 57.4. The minimum Gasteiger partial charge on any atom is -0.462 e. The maximum absolute atomic E-state index is 12.9. The number of hydrogen-bond acceptors (Lipinski definition) is 6. The molecule has 0 heterocycles. The van der Waals surface area contributed by atoms with Crippen LogP contribution in [0.2, 0.25) is 0 Å². The first-order valence-electron chi connectivity index (χ1n) is 30.5. The Morgan fingerprint density at radius 1 is 0.288 bits per heavy atom. The van der Waals surface area contributed by atoms with Gasteiger partial charge in [-0.25, -0.2) is 0 Å². The summed E-state index contributed by atoms with van der Waals surface area (Å²) in [6, 6.07) is 0. The molecule has 1 unspecified atom stereocenters. The number of allylic oxidation sites excluding steroid dienone is 18. The molecule has 416 valence electrons. The van der Waals surface area contributed by atoms with Crippen molar-refractivity contribution in [1.82, 2.24) is 0 Å². The summed E-state index contributed by atoms with van der Waals surface area (Å²) >= 11 is 0. The van der Waals surface area contributed by atoms with Crippen molar-refractivity contribution < 1.29 is 28.6 Å². The molecule has 0 N–H and O–H groups in total. The minimum atomic E-state index is -0.803. The van der Waals surface area contributed by atoms with Crippen LogP contribution in [0.1, 0.15) is 278 Å². The fourth-order valence-corrected chi connectivity index (χ4v) is 8.34. The molecule has 1 atom stereocenters. The zero-order valence-corrected chi connectivity index (χ0v) is 47.6. The summed E-state index contributed by atoms with van der Waals surface area (Å²) in [6.07, 6.45) is 82.2. The average molecular weight is 1010 g/mol. The van der Waals surface area contributed by atoms with Gasteiger partial charge in [0.2, 0.25) is 0 Å². The van der Waals surface area contributed by atoms with Crippen molar-refractivity contribution in [1.29, 1.82) is 0 Å². The summed E-state index contributed by atoms with van der Waals surface area (Å²) in [5.41, 5.74) is 0. The zero-order chi connectivity index (χ0) is 52.9. The minimum absolute atomic E-state index is 0.0970. The van der Waals surface area contributed by atoms with Crippen LogP contribution in [-0.2, 0) is 28.6 Å². The van der Waals surface area contributed by atoms with Gasteiger partial charge in [0.15, 0.2) is 6.10 Å². The SMILES string of the molecule is CC\C=C/C=C\C=C/C=C\C=C\C=C/CCCCCC(=O)OCC(COC(=O)CCCCCCCCCCCC/C=C\C=C/CCCCC)OC(=O)CCCCCCCCC/C=C\CCCCCCCCCC. The quantitative estimate of drug-likeness (QED) is 0.0199. The first-order chi connectivity index (χ1) is 36.0. The van der Waals surface area contributed by atoms with E-state index in [1.54, 1.807) is 0 Å². The Hall–Kier alpha value is -3.93. The van der Waals surface area contributed by atoms with Gasteiger partial charge in [0, 0.05) is 19.3 Å². The van der Waals surface area contributed by atoms with Crippen LogP contribution in [0.5, 0.6) is 0 Å². The Labute approximate surface area is 450 Å². The van der Waals surface area contributed by atoms with E-state index in [9.17, 15) is 14.4 Å². The van der Waals surface area contributed by atoms with E-state index in [1.807, 2.05) is 60.8 Å². The molecular formula is C67H112O6. The summed E-state index contributed by atoms with van der Waals surface area (Å²) in [4.78, 5) is 38.3. The predicted octanol–water partition coefficient (Wildman–Crippen LogP) is 20.7. The highest BCUT2D eigenvalue weighted by molar-refractivity contribution is 5.71. The lowest BCUT2D eigenvalue weighted by atomic mass is 10.1. The highest BCUT2D eigenvalue weighted by Gasteiger charge is 2.19. The van der Waals surface area contributed by atoms with E-state index >= 15 is 0 Å². The van der Waals surface area contributed by atoms with Crippen LogP contribution in [0.25, 0.3) is 0 Å². The Morgan fingerprint density at radius 2 is 0.548 bits per heavy atom. The van der Waals surface area contributed by atoms with Gasteiger partial charge in [-0.2, -0.15) is 0 Å². The van der Waals surface area contributed by atoms with E-state index in [2.05, 4.69) is 69.4 Å². The normalized spacial score (nSPS) is 12.9. The molecule has 0 saturated carbocycles. The molecule has 0 rings (SSSR count). The van der Waals surface area contributed by atoms with Crippen LogP contribution in [0.15, 0.2) is 109 Å². The van der Waals surface area contributed by atoms with E-state index in [0.717, 1.165) is 70.6 Å². The van der Waals surface area contributed by atoms with Crippen molar-refractivity contribution in [2.45, 2.75) is 284 Å². The Morgan fingerprint density at radius 3 is 0.932 bits per heavy atom. The third kappa shape index (κ3) is 58.8. The summed E-state index contributed by atoms with van der Waals surface area (Å²) in [7, 11) is 0. The van der Waals surface area contributed by atoms with E-state index < -0.39 is 6.10 Å². The van der Waals surface area contributed by atoms with Gasteiger partial charge in [-0.05, 0) is 89.9 Å². The third-order valence-corrected chi connectivity index (χ3v) is 12.9. The van der Waals surface area contributed by atoms with Crippen LogP contribution in [0.3, 0.4) is 0 Å². The number of esters is 3. The highest BCUT2D eigenvalue weighted by Crippen LogP contribution is 2.15. The summed E-state index contributed by atoms with van der Waals surface area (Å²) in [5.74, 6) is -0.945. The lowest BCUT2D eigenvalue weighted by molar-refractivity contribution is -0.167. The van der Waals surface area contributed by atoms with Gasteiger partial charge in [0.1, 0.15) is 13.2 Å². The second-order valence-electron chi connectivity index (χ2n) is 20.1. The standard InChI is InChI=1S/C67H112O6/c1-4-7-10-13-16-19-22-25-28-31-33-36-39-42-45-48-51-54-57-60-66(69)72-63-64(62-71-65(68)59-56-53-50-47-44-41-38-35-30-27-24-21-18-15-12-9-6-3)73-67(70)61-58-55-52-49-46-43-40-37-34-32-29-26-23-20-17-14-11-8-5-2/h9,12,15-16,18-19,21-22,24-25,27,30,32,34-35,38,41,44,64H,4-8,10-11,13-14,17,20,23,26,28-29,31,33,36-37,39-40,42-43,45-63H2,1-3H3/b12-9-,18-15-,19-16-,24-21-,25-22-,30-27-,34-32-,38-35+,44-41-. The molecule has 0 aliphatic carbocycles. The fraction of sp³-hybridized carbons (Fsp3) is 0.687. The molecule has 0 amide bonds. The monoisotopic (exact) mass is 1010 g/mol. The highest BCUT2D eigenvalue weighted by atomic mass is 16.6. The zero-order valence-electron chi connectivity index (χ0n) is 47.6. The maximum atomic E-state index is 12.9. The molecule has 6 nitrogen and oxygen atoms in total. The van der Waals surface area contributed by atoms with Crippen molar-refractivity contribution in [3.63, 3.8) is 0 Å². The van der Waals surface area contributed by atoms with Crippen LogP contribution < -0.4 is 0 Å². The number of rotatable bonds is 54. The van der Waals surface area contributed by atoms with Crippen LogP contribution in [-0.4, -0.2) is 37.2 Å². The molecule has 6 heteroatoms. The van der Waals surface area contributed by atoms with Crippen molar-refractivity contribution >= 4 is 17.9 Å². The fourth-order valence-electron chi connectivity index (χ4n) is 8.34. The summed E-state index contributed by atoms with van der Waals surface area (Å²) in [5, 5.41) is 0. The van der Waals surface area contributed by atoms with Crippen LogP contribution in [0.4, 0.5) is 0 Å². The first kappa shape index (κ1) is 69.1. The van der Waals surface area contributed by atoms with Crippen molar-refractivity contribution in [3.05, 3.63) is 109 Å². The van der Waals surface area contributed by atoms with Gasteiger partial charge in [-0.3, -0.25) is 14.4 Å². The van der Waals surface area contributed by atoms with Crippen LogP contribution >= 0.6 is 0 Å². The molecular weight excluding hydrogens is 901 g/mol. The Bertz CT molecular complexity index is 1490. The van der Waals surface area contributed by atoms with Gasteiger partial charge < -0.3 is 14.2 Å². The molecule has 0 aromatic rings. The van der Waals surface area contributed by atoms with Gasteiger partial charge >= 0.3 is 17.9 Å². The number of carbonyl (C=O) groups is 3. The van der Waals surface area contributed by atoms with Gasteiger partial charge in [0.25, 0.3) is 0 Å². The Balaban J connectivity index is 4.47.